The second-order valence-electron chi connectivity index (χ2n) is 4.62. The molecule has 21 heavy (non-hydrogen) atoms. The van der Waals surface area contributed by atoms with Crippen molar-refractivity contribution >= 4 is 21.1 Å². The van der Waals surface area contributed by atoms with E-state index >= 15 is 0 Å². The van der Waals surface area contributed by atoms with E-state index < -0.39 is 10.0 Å². The predicted molar refractivity (Wildman–Crippen MR) is 76.4 cm³/mol. The maximum absolute atomic E-state index is 12.2. The van der Waals surface area contributed by atoms with Crippen molar-refractivity contribution < 1.29 is 12.8 Å². The predicted octanol–water partition coefficient (Wildman–Crippen LogP) is 1.24. The van der Waals surface area contributed by atoms with Gasteiger partial charge in [0.2, 0.25) is 10.0 Å². The number of H-pyrrole nitrogens is 2. The highest BCUT2D eigenvalue weighted by atomic mass is 32.2. The number of hydrogen-bond acceptors (Lipinski definition) is 4. The minimum atomic E-state index is -3.68. The van der Waals surface area contributed by atoms with Crippen LogP contribution in [0.4, 0.5) is 0 Å². The number of rotatable bonds is 4. The van der Waals surface area contributed by atoms with Gasteiger partial charge >= 0.3 is 5.69 Å². The molecule has 2 heterocycles. The van der Waals surface area contributed by atoms with Gasteiger partial charge in [0.1, 0.15) is 11.5 Å². The van der Waals surface area contributed by atoms with Crippen molar-refractivity contribution in [3.8, 4) is 0 Å². The van der Waals surface area contributed by atoms with Crippen molar-refractivity contribution in [1.29, 1.82) is 0 Å². The molecule has 0 unspecified atom stereocenters. The SMILES string of the molecule is Cc1ccc(CNS(=O)(=O)c2ccc3[nH]c(=O)[nH]c3c2)o1. The zero-order valence-electron chi connectivity index (χ0n) is 11.1. The van der Waals surface area contributed by atoms with Crippen molar-refractivity contribution in [3.63, 3.8) is 0 Å². The number of furan rings is 1. The van der Waals surface area contributed by atoms with E-state index in [1.807, 2.05) is 0 Å². The Morgan fingerprint density at radius 1 is 1.14 bits per heavy atom. The normalized spacial score (nSPS) is 12.0. The molecular weight excluding hydrogens is 294 g/mol. The summed E-state index contributed by atoms with van der Waals surface area (Å²) in [7, 11) is -3.68. The van der Waals surface area contributed by atoms with E-state index in [1.54, 1.807) is 25.1 Å². The molecule has 1 aromatic carbocycles. The summed E-state index contributed by atoms with van der Waals surface area (Å²) in [4.78, 5) is 16.3. The fourth-order valence-electron chi connectivity index (χ4n) is 2.01. The molecule has 3 aromatic rings. The van der Waals surface area contributed by atoms with Crippen LogP contribution < -0.4 is 10.4 Å². The van der Waals surface area contributed by atoms with Crippen LogP contribution in [0.3, 0.4) is 0 Å². The molecular formula is C13H13N3O4S. The Morgan fingerprint density at radius 2 is 1.90 bits per heavy atom. The molecule has 0 aliphatic rings. The largest absolute Gasteiger partial charge is 0.465 e. The summed E-state index contributed by atoms with van der Waals surface area (Å²) in [5.41, 5.74) is 0.621. The third-order valence-electron chi connectivity index (χ3n) is 3.03. The molecule has 0 atom stereocenters. The zero-order chi connectivity index (χ0) is 15.0. The number of aromatic amines is 2. The van der Waals surface area contributed by atoms with Gasteiger partial charge < -0.3 is 14.4 Å². The quantitative estimate of drug-likeness (QED) is 0.673. The molecule has 3 N–H and O–H groups in total. The molecule has 0 saturated heterocycles. The second-order valence-corrected chi connectivity index (χ2v) is 6.39. The zero-order valence-corrected chi connectivity index (χ0v) is 12.0. The molecule has 3 rings (SSSR count). The van der Waals surface area contributed by atoms with E-state index in [4.69, 9.17) is 4.42 Å². The minimum absolute atomic E-state index is 0.0673. The molecule has 0 fully saturated rings. The topological polar surface area (TPSA) is 108 Å². The highest BCUT2D eigenvalue weighted by Gasteiger charge is 2.15. The van der Waals surface area contributed by atoms with Gasteiger partial charge in [-0.1, -0.05) is 0 Å². The number of fused-ring (bicyclic) bond motifs is 1. The van der Waals surface area contributed by atoms with Crippen molar-refractivity contribution in [1.82, 2.24) is 14.7 Å². The minimum Gasteiger partial charge on any atom is -0.465 e. The van der Waals surface area contributed by atoms with Gasteiger partial charge in [-0.05, 0) is 37.3 Å². The van der Waals surface area contributed by atoms with Gasteiger partial charge in [-0.2, -0.15) is 0 Å². The lowest BCUT2D eigenvalue weighted by atomic mass is 10.3. The molecule has 8 heteroatoms. The smallest absolute Gasteiger partial charge is 0.323 e. The monoisotopic (exact) mass is 307 g/mol. The molecule has 0 bridgehead atoms. The highest BCUT2D eigenvalue weighted by Crippen LogP contribution is 2.15. The Morgan fingerprint density at radius 3 is 2.62 bits per heavy atom. The first kappa shape index (κ1) is 13.7. The third-order valence-corrected chi connectivity index (χ3v) is 4.43. The lowest BCUT2D eigenvalue weighted by molar-refractivity contribution is 0.475. The number of sulfonamides is 1. The Balaban J connectivity index is 1.86. The summed E-state index contributed by atoms with van der Waals surface area (Å²) in [6.45, 7) is 1.85. The third kappa shape index (κ3) is 2.76. The van der Waals surface area contributed by atoms with Crippen LogP contribution >= 0.6 is 0 Å². The molecule has 0 saturated carbocycles. The van der Waals surface area contributed by atoms with Crippen LogP contribution in [0.1, 0.15) is 11.5 Å². The lowest BCUT2D eigenvalue weighted by Crippen LogP contribution is -2.22. The van der Waals surface area contributed by atoms with E-state index in [-0.39, 0.29) is 17.1 Å². The van der Waals surface area contributed by atoms with Gasteiger partial charge in [0, 0.05) is 0 Å². The van der Waals surface area contributed by atoms with Crippen LogP contribution in [-0.4, -0.2) is 18.4 Å². The number of nitrogens with one attached hydrogen (secondary N) is 3. The van der Waals surface area contributed by atoms with E-state index in [0.717, 1.165) is 5.76 Å². The molecule has 0 radical (unpaired) electrons. The highest BCUT2D eigenvalue weighted by molar-refractivity contribution is 7.89. The number of benzene rings is 1. The number of hydrogen-bond donors (Lipinski definition) is 3. The van der Waals surface area contributed by atoms with Gasteiger partial charge in [-0.15, -0.1) is 0 Å². The molecule has 110 valence electrons. The van der Waals surface area contributed by atoms with Crippen molar-refractivity contribution in [2.75, 3.05) is 0 Å². The van der Waals surface area contributed by atoms with Gasteiger partial charge in [-0.3, -0.25) is 0 Å². The van der Waals surface area contributed by atoms with Crippen LogP contribution in [0.25, 0.3) is 11.0 Å². The Bertz CT molecular complexity index is 949. The number of aromatic nitrogens is 2. The van der Waals surface area contributed by atoms with E-state index in [9.17, 15) is 13.2 Å². The van der Waals surface area contributed by atoms with Crippen molar-refractivity contribution in [2.24, 2.45) is 0 Å². The summed E-state index contributed by atoms with van der Waals surface area (Å²) < 4.78 is 32.2. The average molecular weight is 307 g/mol. The van der Waals surface area contributed by atoms with E-state index in [2.05, 4.69) is 14.7 Å². The Labute approximate surface area is 120 Å². The number of aryl methyl sites for hydroxylation is 1. The van der Waals surface area contributed by atoms with Crippen molar-refractivity contribution in [2.45, 2.75) is 18.4 Å². The summed E-state index contributed by atoms with van der Waals surface area (Å²) in [6.07, 6.45) is 0. The molecule has 2 aromatic heterocycles. The molecule has 0 amide bonds. The van der Waals surface area contributed by atoms with E-state index in [0.29, 0.717) is 16.8 Å². The summed E-state index contributed by atoms with van der Waals surface area (Å²) in [6, 6.07) is 7.86. The van der Waals surface area contributed by atoms with Crippen LogP contribution in [-0.2, 0) is 16.6 Å². The average Bonchev–Trinajstić information content (AvgIpc) is 3.00. The summed E-state index contributed by atoms with van der Waals surface area (Å²) in [5, 5.41) is 0. The first-order chi connectivity index (χ1) is 9.94. The summed E-state index contributed by atoms with van der Waals surface area (Å²) >= 11 is 0. The van der Waals surface area contributed by atoms with E-state index in [1.165, 1.54) is 12.1 Å². The maximum atomic E-state index is 12.2. The van der Waals surface area contributed by atoms with Gasteiger partial charge in [0.25, 0.3) is 0 Å². The van der Waals surface area contributed by atoms with Crippen LogP contribution in [0.5, 0.6) is 0 Å². The molecule has 0 spiro atoms. The van der Waals surface area contributed by atoms with Crippen LogP contribution in [0, 0.1) is 6.92 Å². The van der Waals surface area contributed by atoms with Crippen LogP contribution in [0.2, 0.25) is 0 Å². The van der Waals surface area contributed by atoms with Gasteiger partial charge in [-0.25, -0.2) is 17.9 Å². The lowest BCUT2D eigenvalue weighted by Gasteiger charge is -2.05. The Kier molecular flexibility index (Phi) is 3.19. The fraction of sp³-hybridized carbons (Fsp3) is 0.154. The maximum Gasteiger partial charge on any atom is 0.323 e. The van der Waals surface area contributed by atoms with Crippen molar-refractivity contribution in [3.05, 3.63) is 52.3 Å². The first-order valence-electron chi connectivity index (χ1n) is 6.21. The first-order valence-corrected chi connectivity index (χ1v) is 7.69. The van der Waals surface area contributed by atoms with Gasteiger partial charge in [0.15, 0.2) is 0 Å². The van der Waals surface area contributed by atoms with Crippen LogP contribution in [0.15, 0.2) is 44.4 Å². The fourth-order valence-corrected chi connectivity index (χ4v) is 3.03. The Hall–Kier alpha value is -2.32. The van der Waals surface area contributed by atoms with Gasteiger partial charge in [0.05, 0.1) is 22.5 Å². The standard InChI is InChI=1S/C13H13N3O4S/c1-8-2-3-9(20-8)7-14-21(18,19)10-4-5-11-12(6-10)16-13(17)15-11/h2-6,14H,7H2,1H3,(H2,15,16,17). The molecule has 0 aliphatic heterocycles. The number of imidazole rings is 1. The summed E-state index contributed by atoms with van der Waals surface area (Å²) in [5.74, 6) is 1.25. The molecule has 7 nitrogen and oxygen atoms in total. The second kappa shape index (κ2) is 4.90. The molecule has 0 aliphatic carbocycles.